The van der Waals surface area contributed by atoms with Crippen LogP contribution in [-0.2, 0) is 6.54 Å². The highest BCUT2D eigenvalue weighted by Crippen LogP contribution is 2.37. The number of nitrogen functional groups attached to an aromatic ring is 1. The highest BCUT2D eigenvalue weighted by molar-refractivity contribution is 7.15. The molecule has 0 atom stereocenters. The van der Waals surface area contributed by atoms with E-state index in [0.29, 0.717) is 10.5 Å². The van der Waals surface area contributed by atoms with Gasteiger partial charge in [-0.25, -0.2) is 0 Å². The Balaban J connectivity index is 1.94. The molecule has 1 saturated heterocycles. The highest BCUT2D eigenvalue weighted by atomic mass is 32.1. The Hall–Kier alpha value is -0.680. The molecule has 0 bridgehead atoms. The van der Waals surface area contributed by atoms with Gasteiger partial charge >= 0.3 is 0 Å². The molecule has 5 heteroatoms. The fraction of sp³-hybridized carbons (Fsp3) is 0.818. The number of nitrogens with two attached hydrogens (primary N) is 1. The first kappa shape index (κ1) is 11.8. The zero-order valence-corrected chi connectivity index (χ0v) is 10.9. The van der Waals surface area contributed by atoms with Crippen LogP contribution in [0.3, 0.4) is 0 Å². The lowest BCUT2D eigenvalue weighted by Crippen LogP contribution is -2.26. The minimum absolute atomic E-state index is 0.538. The van der Waals surface area contributed by atoms with Gasteiger partial charge < -0.3 is 5.73 Å². The van der Waals surface area contributed by atoms with Gasteiger partial charge in [-0.1, -0.05) is 25.2 Å². The van der Waals surface area contributed by atoms with Crippen molar-refractivity contribution in [2.75, 3.05) is 18.8 Å². The number of hydrogen-bond donors (Lipinski definition) is 1. The van der Waals surface area contributed by atoms with E-state index in [9.17, 15) is 0 Å². The second-order valence-electron chi connectivity index (χ2n) is 4.70. The third kappa shape index (κ3) is 2.35. The topological polar surface area (TPSA) is 55.0 Å². The molecule has 2 rings (SSSR count). The normalized spacial score (nSPS) is 20.4. The molecule has 1 fully saturated rings. The fourth-order valence-electron chi connectivity index (χ4n) is 2.51. The largest absolute Gasteiger partial charge is 0.374 e. The molecule has 0 aromatic carbocycles. The van der Waals surface area contributed by atoms with Crippen LogP contribution in [0.5, 0.6) is 0 Å². The van der Waals surface area contributed by atoms with Gasteiger partial charge in [0.2, 0.25) is 5.13 Å². The molecule has 2 N–H and O–H groups in total. The number of rotatable bonds is 4. The van der Waals surface area contributed by atoms with Gasteiger partial charge in [-0.05, 0) is 31.2 Å². The van der Waals surface area contributed by atoms with E-state index in [1.807, 2.05) is 0 Å². The van der Waals surface area contributed by atoms with Gasteiger partial charge in [-0.2, -0.15) is 0 Å². The Bertz CT molecular complexity index is 346. The summed E-state index contributed by atoms with van der Waals surface area (Å²) in [5.74, 6) is 0. The quantitative estimate of drug-likeness (QED) is 0.876. The van der Waals surface area contributed by atoms with Crippen LogP contribution in [0.25, 0.3) is 0 Å². The molecule has 1 aromatic rings. The molecule has 2 heterocycles. The van der Waals surface area contributed by atoms with E-state index in [0.717, 1.165) is 11.6 Å². The monoisotopic (exact) mass is 240 g/mol. The van der Waals surface area contributed by atoms with Crippen LogP contribution in [0.15, 0.2) is 0 Å². The summed E-state index contributed by atoms with van der Waals surface area (Å²) in [5.41, 5.74) is 6.12. The van der Waals surface area contributed by atoms with Crippen molar-refractivity contribution in [2.45, 2.75) is 39.7 Å². The van der Waals surface area contributed by atoms with Crippen molar-refractivity contribution in [3.8, 4) is 0 Å². The molecule has 0 unspecified atom stereocenters. The van der Waals surface area contributed by atoms with Gasteiger partial charge in [-0.15, -0.1) is 10.2 Å². The van der Waals surface area contributed by atoms with Gasteiger partial charge in [0.1, 0.15) is 5.01 Å². The lowest BCUT2D eigenvalue weighted by atomic mass is 9.82. The fourth-order valence-corrected chi connectivity index (χ4v) is 3.16. The van der Waals surface area contributed by atoms with Crippen LogP contribution in [0.4, 0.5) is 5.13 Å². The second-order valence-corrected chi connectivity index (χ2v) is 5.80. The number of hydrogen-bond acceptors (Lipinski definition) is 5. The van der Waals surface area contributed by atoms with Crippen molar-refractivity contribution in [1.29, 1.82) is 0 Å². The SMILES string of the molecule is CCC1(CC)CCN(Cc2nnc(N)s2)C1. The van der Waals surface area contributed by atoms with Crippen molar-refractivity contribution in [2.24, 2.45) is 5.41 Å². The van der Waals surface area contributed by atoms with E-state index >= 15 is 0 Å². The summed E-state index contributed by atoms with van der Waals surface area (Å²) in [5, 5.41) is 9.55. The first-order valence-corrected chi connectivity index (χ1v) is 6.79. The molecule has 0 amide bonds. The van der Waals surface area contributed by atoms with Crippen molar-refractivity contribution in [1.82, 2.24) is 15.1 Å². The summed E-state index contributed by atoms with van der Waals surface area (Å²) in [6, 6.07) is 0. The van der Waals surface area contributed by atoms with E-state index in [-0.39, 0.29) is 0 Å². The molecule has 1 aliphatic rings. The third-order valence-corrected chi connectivity index (χ3v) is 4.60. The number of likely N-dealkylation sites (tertiary alicyclic amines) is 1. The smallest absolute Gasteiger partial charge is 0.203 e. The van der Waals surface area contributed by atoms with Crippen molar-refractivity contribution >= 4 is 16.5 Å². The first-order valence-electron chi connectivity index (χ1n) is 5.97. The molecule has 4 nitrogen and oxygen atoms in total. The summed E-state index contributed by atoms with van der Waals surface area (Å²) >= 11 is 1.50. The van der Waals surface area contributed by atoms with E-state index < -0.39 is 0 Å². The van der Waals surface area contributed by atoms with Crippen LogP contribution in [-0.4, -0.2) is 28.2 Å². The second kappa shape index (κ2) is 4.67. The Kier molecular flexibility index (Phi) is 3.44. The Morgan fingerprint density at radius 2 is 2.12 bits per heavy atom. The van der Waals surface area contributed by atoms with E-state index in [2.05, 4.69) is 28.9 Å². The summed E-state index contributed by atoms with van der Waals surface area (Å²) in [6.07, 6.45) is 3.87. The number of nitrogens with zero attached hydrogens (tertiary/aromatic N) is 3. The summed E-state index contributed by atoms with van der Waals surface area (Å²) in [4.78, 5) is 2.48. The molecule has 1 aliphatic heterocycles. The standard InChI is InChI=1S/C11H20N4S/c1-3-11(4-2)5-6-15(8-11)7-9-13-14-10(12)16-9/h3-8H2,1-2H3,(H2,12,14). The molecule has 90 valence electrons. The number of anilines is 1. The predicted octanol–water partition coefficient (Wildman–Crippen LogP) is 2.13. The molecule has 1 aromatic heterocycles. The van der Waals surface area contributed by atoms with Crippen molar-refractivity contribution in [3.05, 3.63) is 5.01 Å². The summed E-state index contributed by atoms with van der Waals surface area (Å²) in [7, 11) is 0. The summed E-state index contributed by atoms with van der Waals surface area (Å²) in [6.45, 7) is 7.89. The van der Waals surface area contributed by atoms with E-state index in [1.54, 1.807) is 0 Å². The first-order chi connectivity index (χ1) is 7.67. The molecule has 0 radical (unpaired) electrons. The van der Waals surface area contributed by atoms with Gasteiger partial charge in [-0.3, -0.25) is 4.90 Å². The average molecular weight is 240 g/mol. The zero-order chi connectivity index (χ0) is 11.6. The lowest BCUT2D eigenvalue weighted by Gasteiger charge is -2.26. The van der Waals surface area contributed by atoms with Crippen molar-refractivity contribution < 1.29 is 0 Å². The molecule has 0 aliphatic carbocycles. The molecule has 0 saturated carbocycles. The maximum Gasteiger partial charge on any atom is 0.203 e. The Morgan fingerprint density at radius 3 is 2.62 bits per heavy atom. The van der Waals surface area contributed by atoms with E-state index in [4.69, 9.17) is 5.73 Å². The van der Waals surface area contributed by atoms with Gasteiger partial charge in [0, 0.05) is 6.54 Å². The maximum absolute atomic E-state index is 5.58. The van der Waals surface area contributed by atoms with Crippen LogP contribution in [0.1, 0.15) is 38.1 Å². The molecular formula is C11H20N4S. The van der Waals surface area contributed by atoms with E-state index in [1.165, 1.54) is 43.7 Å². The van der Waals surface area contributed by atoms with Crippen LogP contribution >= 0.6 is 11.3 Å². The van der Waals surface area contributed by atoms with Crippen LogP contribution in [0.2, 0.25) is 0 Å². The van der Waals surface area contributed by atoms with Gasteiger partial charge in [0.25, 0.3) is 0 Å². The number of aromatic nitrogens is 2. The average Bonchev–Trinajstić information content (AvgIpc) is 2.87. The minimum atomic E-state index is 0.538. The van der Waals surface area contributed by atoms with Crippen LogP contribution in [0, 0.1) is 5.41 Å². The van der Waals surface area contributed by atoms with Crippen LogP contribution < -0.4 is 5.73 Å². The summed E-state index contributed by atoms with van der Waals surface area (Å²) < 4.78 is 0. The lowest BCUT2D eigenvalue weighted by molar-refractivity contribution is 0.236. The minimum Gasteiger partial charge on any atom is -0.374 e. The van der Waals surface area contributed by atoms with Gasteiger partial charge in [0.15, 0.2) is 0 Å². The Labute approximate surface area is 101 Å². The van der Waals surface area contributed by atoms with Crippen molar-refractivity contribution in [3.63, 3.8) is 0 Å². The molecule has 16 heavy (non-hydrogen) atoms. The molecular weight excluding hydrogens is 220 g/mol. The van der Waals surface area contributed by atoms with Gasteiger partial charge in [0.05, 0.1) is 6.54 Å². The molecule has 0 spiro atoms. The zero-order valence-electron chi connectivity index (χ0n) is 10.1. The third-order valence-electron chi connectivity index (χ3n) is 3.86. The Morgan fingerprint density at radius 1 is 1.38 bits per heavy atom. The highest BCUT2D eigenvalue weighted by Gasteiger charge is 2.34. The predicted molar refractivity (Wildman–Crippen MR) is 67.2 cm³/mol. The maximum atomic E-state index is 5.58.